The fourth-order valence-corrected chi connectivity index (χ4v) is 4.08. The van der Waals surface area contributed by atoms with Crippen LogP contribution in [-0.2, 0) is 11.2 Å². The third-order valence-electron chi connectivity index (χ3n) is 5.85. The van der Waals surface area contributed by atoms with Crippen molar-refractivity contribution in [3.8, 4) is 5.75 Å². The van der Waals surface area contributed by atoms with Gasteiger partial charge in [0.15, 0.2) is 0 Å². The zero-order chi connectivity index (χ0) is 21.5. The predicted octanol–water partition coefficient (Wildman–Crippen LogP) is 4.17. The van der Waals surface area contributed by atoms with E-state index in [1.54, 1.807) is 6.20 Å². The van der Waals surface area contributed by atoms with Gasteiger partial charge in [-0.15, -0.1) is 0 Å². The van der Waals surface area contributed by atoms with Crippen molar-refractivity contribution in [1.29, 1.82) is 0 Å². The first-order valence-electron chi connectivity index (χ1n) is 11.0. The Kier molecular flexibility index (Phi) is 6.99. The molecule has 0 bridgehead atoms. The highest BCUT2D eigenvalue weighted by atomic mass is 16.5. The first kappa shape index (κ1) is 21.1. The molecule has 0 aliphatic carbocycles. The minimum absolute atomic E-state index is 0.0166. The average Bonchev–Trinajstić information content (AvgIpc) is 3.27. The van der Waals surface area contributed by atoms with Gasteiger partial charge >= 0.3 is 0 Å². The molecule has 1 unspecified atom stereocenters. The Morgan fingerprint density at radius 3 is 2.45 bits per heavy atom. The molecule has 1 aromatic heterocycles. The minimum Gasteiger partial charge on any atom is -0.492 e. The number of aromatic nitrogens is 2. The number of hydrogen-bond acceptors (Lipinski definition) is 4. The maximum atomic E-state index is 12.5. The summed E-state index contributed by atoms with van der Waals surface area (Å²) in [5.74, 6) is 1.67. The van der Waals surface area contributed by atoms with E-state index >= 15 is 0 Å². The van der Waals surface area contributed by atoms with Gasteiger partial charge in [-0.2, -0.15) is 5.10 Å². The number of likely N-dealkylation sites (tertiary alicyclic amines) is 1. The molecule has 0 saturated carbocycles. The van der Waals surface area contributed by atoms with E-state index < -0.39 is 0 Å². The number of amides is 1. The van der Waals surface area contributed by atoms with Gasteiger partial charge in [-0.3, -0.25) is 9.69 Å². The Balaban J connectivity index is 1.27. The van der Waals surface area contributed by atoms with E-state index in [4.69, 9.17) is 4.74 Å². The summed E-state index contributed by atoms with van der Waals surface area (Å²) in [5, 5.41) is 7.54. The van der Waals surface area contributed by atoms with Crippen LogP contribution in [0.3, 0.4) is 0 Å². The van der Waals surface area contributed by atoms with Crippen LogP contribution in [-0.4, -0.2) is 46.3 Å². The second-order valence-electron chi connectivity index (χ2n) is 8.11. The lowest BCUT2D eigenvalue weighted by Gasteiger charge is -2.36. The standard InChI is InChI=1S/C25H30N4O2/c1-20(19-31-23-10-6-3-7-11-23)28-16-13-22(14-17-28)29-24(12-15-26-29)27-25(30)18-21-8-4-2-5-9-21/h2-12,15,20,22H,13-14,16-19H2,1H3,(H,27,30). The number of anilines is 1. The largest absolute Gasteiger partial charge is 0.492 e. The number of piperidine rings is 1. The molecule has 1 N–H and O–H groups in total. The molecular weight excluding hydrogens is 388 g/mol. The van der Waals surface area contributed by atoms with E-state index in [-0.39, 0.29) is 5.91 Å². The van der Waals surface area contributed by atoms with Crippen LogP contribution in [0.2, 0.25) is 0 Å². The summed E-state index contributed by atoms with van der Waals surface area (Å²) in [7, 11) is 0. The predicted molar refractivity (Wildman–Crippen MR) is 122 cm³/mol. The highest BCUT2D eigenvalue weighted by Gasteiger charge is 2.26. The van der Waals surface area contributed by atoms with E-state index in [0.29, 0.717) is 25.1 Å². The second kappa shape index (κ2) is 10.3. The van der Waals surface area contributed by atoms with Crippen LogP contribution in [0.1, 0.15) is 31.4 Å². The van der Waals surface area contributed by atoms with E-state index in [1.807, 2.05) is 71.4 Å². The van der Waals surface area contributed by atoms with Gasteiger partial charge in [0.25, 0.3) is 0 Å². The fourth-order valence-electron chi connectivity index (χ4n) is 4.08. The molecule has 3 aromatic rings. The molecule has 2 heterocycles. The maximum absolute atomic E-state index is 12.5. The van der Waals surface area contributed by atoms with Gasteiger partial charge < -0.3 is 10.1 Å². The third kappa shape index (κ3) is 5.73. The molecule has 31 heavy (non-hydrogen) atoms. The van der Waals surface area contributed by atoms with Crippen LogP contribution < -0.4 is 10.1 Å². The molecule has 1 saturated heterocycles. The first-order chi connectivity index (χ1) is 15.2. The zero-order valence-corrected chi connectivity index (χ0v) is 18.0. The van der Waals surface area contributed by atoms with E-state index in [0.717, 1.165) is 43.1 Å². The summed E-state index contributed by atoms with van der Waals surface area (Å²) < 4.78 is 7.90. The number of nitrogens with one attached hydrogen (secondary N) is 1. The molecular formula is C25H30N4O2. The van der Waals surface area contributed by atoms with Crippen LogP contribution in [0.4, 0.5) is 5.82 Å². The van der Waals surface area contributed by atoms with Gasteiger partial charge in [-0.1, -0.05) is 48.5 Å². The quantitative estimate of drug-likeness (QED) is 0.597. The lowest BCUT2D eigenvalue weighted by molar-refractivity contribution is -0.115. The Morgan fingerprint density at radius 2 is 1.74 bits per heavy atom. The van der Waals surface area contributed by atoms with E-state index in [1.165, 1.54) is 0 Å². The summed E-state index contributed by atoms with van der Waals surface area (Å²) in [4.78, 5) is 14.9. The SMILES string of the molecule is CC(COc1ccccc1)N1CCC(n2nccc2NC(=O)Cc2ccccc2)CC1. The lowest BCUT2D eigenvalue weighted by Crippen LogP contribution is -2.43. The highest BCUT2D eigenvalue weighted by Crippen LogP contribution is 2.26. The molecule has 6 nitrogen and oxygen atoms in total. The van der Waals surface area contributed by atoms with Crippen molar-refractivity contribution in [2.24, 2.45) is 0 Å². The molecule has 0 radical (unpaired) electrons. The summed E-state index contributed by atoms with van der Waals surface area (Å²) in [6, 6.07) is 22.3. The Bertz CT molecular complexity index is 950. The summed E-state index contributed by atoms with van der Waals surface area (Å²) in [6.45, 7) is 4.87. The van der Waals surface area contributed by atoms with Crippen LogP contribution in [0.25, 0.3) is 0 Å². The number of ether oxygens (including phenoxy) is 1. The molecule has 0 spiro atoms. The van der Waals surface area contributed by atoms with E-state index in [9.17, 15) is 4.79 Å². The van der Waals surface area contributed by atoms with Gasteiger partial charge in [0.1, 0.15) is 18.2 Å². The molecule has 2 aromatic carbocycles. The third-order valence-corrected chi connectivity index (χ3v) is 5.85. The molecule has 1 fully saturated rings. The number of carbonyl (C=O) groups excluding carboxylic acids is 1. The smallest absolute Gasteiger partial charge is 0.229 e. The van der Waals surface area contributed by atoms with Crippen LogP contribution >= 0.6 is 0 Å². The Hall–Kier alpha value is -3.12. The van der Waals surface area contributed by atoms with Crippen molar-refractivity contribution in [2.45, 2.75) is 38.3 Å². The molecule has 4 rings (SSSR count). The molecule has 1 amide bonds. The number of hydrogen-bond donors (Lipinski definition) is 1. The summed E-state index contributed by atoms with van der Waals surface area (Å²) in [6.07, 6.45) is 4.13. The van der Waals surface area contributed by atoms with Crippen molar-refractivity contribution in [3.05, 3.63) is 78.5 Å². The molecule has 1 aliphatic heterocycles. The van der Waals surface area contributed by atoms with Crippen molar-refractivity contribution in [2.75, 3.05) is 25.0 Å². The van der Waals surface area contributed by atoms with E-state index in [2.05, 4.69) is 22.2 Å². The number of para-hydroxylation sites is 1. The number of benzene rings is 2. The average molecular weight is 419 g/mol. The molecule has 1 atom stereocenters. The van der Waals surface area contributed by atoms with Gasteiger partial charge in [0.2, 0.25) is 5.91 Å². The van der Waals surface area contributed by atoms with Crippen LogP contribution in [0.15, 0.2) is 72.9 Å². The summed E-state index contributed by atoms with van der Waals surface area (Å²) >= 11 is 0. The molecule has 162 valence electrons. The van der Waals surface area contributed by atoms with Gasteiger partial charge in [-0.05, 0) is 37.5 Å². The van der Waals surface area contributed by atoms with Gasteiger partial charge in [-0.25, -0.2) is 4.68 Å². The second-order valence-corrected chi connectivity index (χ2v) is 8.11. The normalized spacial score (nSPS) is 16.0. The van der Waals surface area contributed by atoms with Gasteiger partial charge in [0, 0.05) is 25.2 Å². The minimum atomic E-state index is -0.0166. The zero-order valence-electron chi connectivity index (χ0n) is 18.0. The van der Waals surface area contributed by atoms with Crippen molar-refractivity contribution in [1.82, 2.24) is 14.7 Å². The number of carbonyl (C=O) groups is 1. The lowest BCUT2D eigenvalue weighted by atomic mass is 10.0. The van der Waals surface area contributed by atoms with Crippen LogP contribution in [0, 0.1) is 0 Å². The topological polar surface area (TPSA) is 59.4 Å². The molecule has 1 aliphatic rings. The van der Waals surface area contributed by atoms with Crippen LogP contribution in [0.5, 0.6) is 5.75 Å². The Morgan fingerprint density at radius 1 is 1.06 bits per heavy atom. The summed E-state index contributed by atoms with van der Waals surface area (Å²) in [5.41, 5.74) is 1.01. The molecule has 6 heteroatoms. The number of rotatable bonds is 8. The van der Waals surface area contributed by atoms with Crippen molar-refractivity contribution in [3.63, 3.8) is 0 Å². The first-order valence-corrected chi connectivity index (χ1v) is 11.0. The fraction of sp³-hybridized carbons (Fsp3) is 0.360. The maximum Gasteiger partial charge on any atom is 0.229 e. The van der Waals surface area contributed by atoms with Crippen molar-refractivity contribution < 1.29 is 9.53 Å². The van der Waals surface area contributed by atoms with Crippen molar-refractivity contribution >= 4 is 11.7 Å². The van der Waals surface area contributed by atoms with Gasteiger partial charge in [0.05, 0.1) is 18.7 Å². The monoisotopic (exact) mass is 418 g/mol. The Labute approximate surface area is 183 Å². The highest BCUT2D eigenvalue weighted by molar-refractivity contribution is 5.91. The number of nitrogens with zero attached hydrogens (tertiary/aromatic N) is 3.